The Bertz CT molecular complexity index is 833. The standard InChI is InChI=1S/C21H29N5O3/c1-14(2)5-9-21(20(28)22-10-6-15-7-11-23-24-15)13-16-3-4-18(21)26(16)19(27)17-8-12-29-25-17/h7-8,11-12,14,16,18H,3-6,9-10,13H2,1-2H3,(H,22,28)(H,23,24)/t16-,18+,21+/m1/s1. The highest BCUT2D eigenvalue weighted by molar-refractivity contribution is 5.94. The Kier molecular flexibility index (Phi) is 5.43. The molecule has 0 spiro atoms. The molecule has 2 aliphatic rings. The van der Waals surface area contributed by atoms with Crippen molar-refractivity contribution in [2.75, 3.05) is 6.54 Å². The molecule has 8 nitrogen and oxygen atoms in total. The van der Waals surface area contributed by atoms with E-state index in [1.165, 1.54) is 6.26 Å². The Balaban J connectivity index is 1.51. The molecule has 2 saturated heterocycles. The minimum atomic E-state index is -0.527. The molecule has 4 rings (SSSR count). The van der Waals surface area contributed by atoms with Gasteiger partial charge in [-0.1, -0.05) is 19.0 Å². The van der Waals surface area contributed by atoms with E-state index in [4.69, 9.17) is 4.52 Å². The van der Waals surface area contributed by atoms with Crippen molar-refractivity contribution < 1.29 is 14.1 Å². The molecular formula is C21H29N5O3. The van der Waals surface area contributed by atoms with Crippen molar-refractivity contribution in [2.24, 2.45) is 11.3 Å². The molecule has 3 atom stereocenters. The highest BCUT2D eigenvalue weighted by Gasteiger charge is 2.60. The quantitative estimate of drug-likeness (QED) is 0.710. The number of H-pyrrole nitrogens is 1. The zero-order chi connectivity index (χ0) is 20.4. The van der Waals surface area contributed by atoms with E-state index >= 15 is 0 Å². The summed E-state index contributed by atoms with van der Waals surface area (Å²) in [5.74, 6) is 0.453. The van der Waals surface area contributed by atoms with Gasteiger partial charge in [-0.05, 0) is 44.1 Å². The smallest absolute Gasteiger partial charge is 0.276 e. The van der Waals surface area contributed by atoms with Crippen LogP contribution >= 0.6 is 0 Å². The van der Waals surface area contributed by atoms with Gasteiger partial charge >= 0.3 is 0 Å². The topological polar surface area (TPSA) is 104 Å². The second-order valence-corrected chi connectivity index (χ2v) is 8.72. The van der Waals surface area contributed by atoms with Gasteiger partial charge in [0.05, 0.1) is 5.41 Å². The Morgan fingerprint density at radius 3 is 2.93 bits per heavy atom. The van der Waals surface area contributed by atoms with Gasteiger partial charge in [-0.25, -0.2) is 0 Å². The van der Waals surface area contributed by atoms with Crippen molar-refractivity contribution in [3.05, 3.63) is 36.0 Å². The fraction of sp³-hybridized carbons (Fsp3) is 0.619. The van der Waals surface area contributed by atoms with E-state index < -0.39 is 5.41 Å². The molecule has 2 amide bonds. The Morgan fingerprint density at radius 2 is 2.24 bits per heavy atom. The first-order chi connectivity index (χ1) is 14.0. The number of amides is 2. The molecule has 0 aromatic carbocycles. The lowest BCUT2D eigenvalue weighted by atomic mass is 9.69. The van der Waals surface area contributed by atoms with E-state index in [2.05, 4.69) is 34.5 Å². The monoisotopic (exact) mass is 399 g/mol. The van der Waals surface area contributed by atoms with Crippen LogP contribution in [0.1, 0.15) is 62.1 Å². The van der Waals surface area contributed by atoms with Gasteiger partial charge in [0.2, 0.25) is 5.91 Å². The van der Waals surface area contributed by atoms with Crippen molar-refractivity contribution in [3.63, 3.8) is 0 Å². The molecule has 8 heteroatoms. The lowest BCUT2D eigenvalue weighted by Crippen LogP contribution is -2.50. The summed E-state index contributed by atoms with van der Waals surface area (Å²) in [6.45, 7) is 4.91. The maximum absolute atomic E-state index is 13.4. The third-order valence-electron chi connectivity index (χ3n) is 6.49. The number of rotatable bonds is 8. The van der Waals surface area contributed by atoms with Crippen LogP contribution in [0.25, 0.3) is 0 Å². The van der Waals surface area contributed by atoms with Gasteiger partial charge in [0.1, 0.15) is 6.26 Å². The summed E-state index contributed by atoms with van der Waals surface area (Å²) < 4.78 is 4.87. The summed E-state index contributed by atoms with van der Waals surface area (Å²) in [7, 11) is 0. The van der Waals surface area contributed by atoms with Gasteiger partial charge in [0.25, 0.3) is 5.91 Å². The van der Waals surface area contributed by atoms with Gasteiger partial charge < -0.3 is 14.7 Å². The minimum absolute atomic E-state index is 0.0721. The average Bonchev–Trinajstić information content (AvgIpc) is 3.50. The first-order valence-corrected chi connectivity index (χ1v) is 10.5. The molecule has 156 valence electrons. The zero-order valence-electron chi connectivity index (χ0n) is 17.1. The van der Waals surface area contributed by atoms with Crippen LogP contribution in [0.2, 0.25) is 0 Å². The fourth-order valence-electron chi connectivity index (χ4n) is 5.03. The molecular weight excluding hydrogens is 370 g/mol. The molecule has 2 aromatic heterocycles. The molecule has 2 bridgehead atoms. The van der Waals surface area contributed by atoms with Crippen LogP contribution < -0.4 is 5.32 Å². The third kappa shape index (κ3) is 3.68. The molecule has 2 aliphatic heterocycles. The van der Waals surface area contributed by atoms with Crippen molar-refractivity contribution in [1.29, 1.82) is 0 Å². The van der Waals surface area contributed by atoms with E-state index in [1.807, 2.05) is 11.0 Å². The predicted molar refractivity (Wildman–Crippen MR) is 106 cm³/mol. The van der Waals surface area contributed by atoms with Crippen LogP contribution in [-0.2, 0) is 11.2 Å². The van der Waals surface area contributed by atoms with Gasteiger partial charge in [-0.3, -0.25) is 14.7 Å². The second kappa shape index (κ2) is 8.00. The molecule has 0 aliphatic carbocycles. The molecule has 2 N–H and O–H groups in total. The van der Waals surface area contributed by atoms with E-state index in [0.717, 1.165) is 37.8 Å². The molecule has 0 unspecified atom stereocenters. The summed E-state index contributed by atoms with van der Waals surface area (Å²) in [4.78, 5) is 28.4. The molecule has 0 saturated carbocycles. The number of hydrogen-bond donors (Lipinski definition) is 2. The Labute approximate surface area is 170 Å². The van der Waals surface area contributed by atoms with Crippen LogP contribution in [0.5, 0.6) is 0 Å². The molecule has 4 heterocycles. The second-order valence-electron chi connectivity index (χ2n) is 8.72. The summed E-state index contributed by atoms with van der Waals surface area (Å²) in [6, 6.07) is 3.52. The van der Waals surface area contributed by atoms with E-state index in [0.29, 0.717) is 24.6 Å². The number of hydrogen-bond acceptors (Lipinski definition) is 5. The van der Waals surface area contributed by atoms with Gasteiger partial charge in [-0.15, -0.1) is 0 Å². The Hall–Kier alpha value is -2.64. The third-order valence-corrected chi connectivity index (χ3v) is 6.49. The first-order valence-electron chi connectivity index (χ1n) is 10.5. The number of nitrogens with zero attached hydrogens (tertiary/aromatic N) is 3. The van der Waals surface area contributed by atoms with Crippen LogP contribution in [0.15, 0.2) is 29.1 Å². The maximum atomic E-state index is 13.4. The highest BCUT2D eigenvalue weighted by Crippen LogP contribution is 2.53. The van der Waals surface area contributed by atoms with Crippen LogP contribution in [0.4, 0.5) is 0 Å². The lowest BCUT2D eigenvalue weighted by Gasteiger charge is -2.36. The van der Waals surface area contributed by atoms with Crippen LogP contribution in [0, 0.1) is 11.3 Å². The van der Waals surface area contributed by atoms with E-state index in [-0.39, 0.29) is 23.9 Å². The van der Waals surface area contributed by atoms with Gasteiger partial charge in [-0.2, -0.15) is 5.10 Å². The number of fused-ring (bicyclic) bond motifs is 2. The number of carbonyl (C=O) groups excluding carboxylic acids is 2. The number of carbonyl (C=O) groups is 2. The van der Waals surface area contributed by atoms with Crippen molar-refractivity contribution in [3.8, 4) is 0 Å². The first kappa shape index (κ1) is 19.7. The van der Waals surface area contributed by atoms with Crippen LogP contribution in [-0.4, -0.2) is 50.7 Å². The van der Waals surface area contributed by atoms with E-state index in [1.54, 1.807) is 12.3 Å². The summed E-state index contributed by atoms with van der Waals surface area (Å²) in [6.07, 6.45) is 8.13. The summed E-state index contributed by atoms with van der Waals surface area (Å²) in [5, 5.41) is 13.8. The van der Waals surface area contributed by atoms with Crippen molar-refractivity contribution in [2.45, 2.75) is 64.5 Å². The summed E-state index contributed by atoms with van der Waals surface area (Å²) in [5.41, 5.74) is 0.791. The average molecular weight is 399 g/mol. The van der Waals surface area contributed by atoms with Gasteiger partial charge in [0.15, 0.2) is 5.69 Å². The Morgan fingerprint density at radius 1 is 1.38 bits per heavy atom. The van der Waals surface area contributed by atoms with Crippen molar-refractivity contribution in [1.82, 2.24) is 25.6 Å². The predicted octanol–water partition coefficient (Wildman–Crippen LogP) is 2.56. The van der Waals surface area contributed by atoms with E-state index in [9.17, 15) is 9.59 Å². The maximum Gasteiger partial charge on any atom is 0.276 e. The molecule has 2 fully saturated rings. The number of aromatic amines is 1. The van der Waals surface area contributed by atoms with Gasteiger partial charge in [0, 0.05) is 43.0 Å². The number of aromatic nitrogens is 3. The molecule has 2 aromatic rings. The molecule has 0 radical (unpaired) electrons. The highest BCUT2D eigenvalue weighted by atomic mass is 16.5. The molecule has 29 heavy (non-hydrogen) atoms. The largest absolute Gasteiger partial charge is 0.364 e. The normalized spacial score (nSPS) is 25.7. The SMILES string of the molecule is CC(C)CC[C@]1(C(=O)NCCc2ccn[nH]2)C[C@H]2CC[C@@H]1N2C(=O)c1ccon1. The summed E-state index contributed by atoms with van der Waals surface area (Å²) >= 11 is 0. The van der Waals surface area contributed by atoms with Crippen molar-refractivity contribution >= 4 is 11.8 Å². The minimum Gasteiger partial charge on any atom is -0.364 e. The fourth-order valence-corrected chi connectivity index (χ4v) is 5.03. The zero-order valence-corrected chi connectivity index (χ0v) is 17.1. The number of nitrogens with one attached hydrogen (secondary N) is 2. The lowest BCUT2D eigenvalue weighted by molar-refractivity contribution is -0.133. The van der Waals surface area contributed by atoms with Crippen LogP contribution in [0.3, 0.4) is 0 Å².